The fourth-order valence-electron chi connectivity index (χ4n) is 1.82. The monoisotopic (exact) mass is 318 g/mol. The van der Waals surface area contributed by atoms with Crippen LogP contribution in [0.1, 0.15) is 6.42 Å². The molecule has 0 aliphatic rings. The van der Waals surface area contributed by atoms with Crippen molar-refractivity contribution in [1.82, 2.24) is 19.9 Å². The van der Waals surface area contributed by atoms with E-state index < -0.39 is 0 Å². The molecule has 0 aromatic carbocycles. The molecule has 0 atom stereocenters. The number of fused-ring (bicyclic) bond motifs is 1. The van der Waals surface area contributed by atoms with Crippen molar-refractivity contribution >= 4 is 45.8 Å². The summed E-state index contributed by atoms with van der Waals surface area (Å²) < 4.78 is 1.11. The average Bonchev–Trinajstić information content (AvgIpc) is 3.00. The van der Waals surface area contributed by atoms with Gasteiger partial charge in [0.1, 0.15) is 22.3 Å². The molecule has 0 spiro atoms. The molecule has 0 saturated heterocycles. The molecule has 0 radical (unpaired) electrons. The molecule has 3 aromatic rings. The van der Waals surface area contributed by atoms with Gasteiger partial charge in [0.25, 0.3) is 0 Å². The molecule has 8 heteroatoms. The first-order valence-corrected chi connectivity index (χ1v) is 8.33. The maximum absolute atomic E-state index is 5.66. The summed E-state index contributed by atoms with van der Waals surface area (Å²) in [6.07, 6.45) is 4.36. The molecule has 0 aliphatic heterocycles. The van der Waals surface area contributed by atoms with Crippen molar-refractivity contribution in [3.63, 3.8) is 0 Å². The van der Waals surface area contributed by atoms with Gasteiger partial charge in [-0.15, -0.1) is 11.3 Å². The highest BCUT2D eigenvalue weighted by Crippen LogP contribution is 2.21. The average molecular weight is 318 g/mol. The number of nitrogens with two attached hydrogens (primary N) is 1. The van der Waals surface area contributed by atoms with Crippen molar-refractivity contribution in [3.8, 4) is 0 Å². The molecule has 0 aliphatic carbocycles. The van der Waals surface area contributed by atoms with Gasteiger partial charge in [-0.2, -0.15) is 0 Å². The number of nitrogen functional groups attached to an aromatic ring is 1. The summed E-state index contributed by atoms with van der Waals surface area (Å²) in [6.45, 7) is 0.842. The van der Waals surface area contributed by atoms with Crippen molar-refractivity contribution in [2.75, 3.05) is 23.3 Å². The molecule has 3 rings (SSSR count). The van der Waals surface area contributed by atoms with Gasteiger partial charge in [-0.25, -0.2) is 19.9 Å². The number of aromatic nitrogens is 4. The molecule has 0 fully saturated rings. The first-order valence-electron chi connectivity index (χ1n) is 6.46. The molecule has 0 bridgehead atoms. The fourth-order valence-corrected chi connectivity index (χ4v) is 3.47. The molecule has 0 amide bonds. The van der Waals surface area contributed by atoms with Crippen molar-refractivity contribution in [2.45, 2.75) is 10.8 Å². The molecular weight excluding hydrogens is 304 g/mol. The van der Waals surface area contributed by atoms with Gasteiger partial charge >= 0.3 is 0 Å². The van der Waals surface area contributed by atoms with Crippen LogP contribution < -0.4 is 11.1 Å². The molecule has 21 heavy (non-hydrogen) atoms. The lowest BCUT2D eigenvalue weighted by molar-refractivity contribution is 0.979. The predicted octanol–water partition coefficient (Wildman–Crippen LogP) is 2.66. The smallest absolute Gasteiger partial charge is 0.166 e. The Morgan fingerprint density at radius 2 is 2.19 bits per heavy atom. The lowest BCUT2D eigenvalue weighted by Crippen LogP contribution is -2.06. The standard InChI is InChI=1S/C13H14N6S2/c14-10-3-2-9-11(17-8-18-12(9)19-10)15-4-1-6-20-13-16-5-7-21-13/h2-3,5,7-8H,1,4,6H2,(H3,14,15,17,18,19). The van der Waals surface area contributed by atoms with Crippen LogP contribution in [0.5, 0.6) is 0 Å². The molecule has 108 valence electrons. The summed E-state index contributed by atoms with van der Waals surface area (Å²) in [5.41, 5.74) is 6.28. The zero-order valence-electron chi connectivity index (χ0n) is 11.2. The number of thioether (sulfide) groups is 1. The van der Waals surface area contributed by atoms with Crippen molar-refractivity contribution < 1.29 is 0 Å². The molecule has 0 saturated carbocycles. The van der Waals surface area contributed by atoms with E-state index in [1.54, 1.807) is 29.2 Å². The Morgan fingerprint density at radius 3 is 3.05 bits per heavy atom. The Balaban J connectivity index is 1.55. The molecule has 6 nitrogen and oxygen atoms in total. The van der Waals surface area contributed by atoms with E-state index in [4.69, 9.17) is 5.73 Å². The van der Waals surface area contributed by atoms with Gasteiger partial charge in [0, 0.05) is 23.9 Å². The summed E-state index contributed by atoms with van der Waals surface area (Å²) in [5, 5.41) is 6.21. The normalized spacial score (nSPS) is 10.9. The zero-order valence-corrected chi connectivity index (χ0v) is 12.8. The van der Waals surface area contributed by atoms with Gasteiger partial charge < -0.3 is 11.1 Å². The van der Waals surface area contributed by atoms with Crippen LogP contribution in [0.4, 0.5) is 11.6 Å². The first-order chi connectivity index (χ1) is 10.3. The number of rotatable bonds is 6. The Bertz CT molecular complexity index is 716. The number of pyridine rings is 1. The lowest BCUT2D eigenvalue weighted by atomic mass is 10.3. The third-order valence-corrected chi connectivity index (χ3v) is 4.82. The highest BCUT2D eigenvalue weighted by atomic mass is 32.2. The second kappa shape index (κ2) is 6.68. The number of thiazole rings is 1. The number of nitrogens with one attached hydrogen (secondary N) is 1. The summed E-state index contributed by atoms with van der Waals surface area (Å²) in [5.74, 6) is 2.29. The van der Waals surface area contributed by atoms with Crippen LogP contribution in [0, 0.1) is 0 Å². The molecule has 3 heterocycles. The predicted molar refractivity (Wildman–Crippen MR) is 87.7 cm³/mol. The van der Waals surface area contributed by atoms with Gasteiger partial charge in [0.2, 0.25) is 0 Å². The Morgan fingerprint density at radius 1 is 1.24 bits per heavy atom. The first kappa shape index (κ1) is 14.0. The molecule has 0 unspecified atom stereocenters. The van der Waals surface area contributed by atoms with E-state index in [2.05, 4.69) is 25.3 Å². The lowest BCUT2D eigenvalue weighted by Gasteiger charge is -2.07. The van der Waals surface area contributed by atoms with E-state index in [0.29, 0.717) is 11.5 Å². The summed E-state index contributed by atoms with van der Waals surface area (Å²) in [4.78, 5) is 16.8. The maximum Gasteiger partial charge on any atom is 0.166 e. The highest BCUT2D eigenvalue weighted by Gasteiger charge is 2.04. The topological polar surface area (TPSA) is 89.6 Å². The van der Waals surface area contributed by atoms with E-state index in [1.807, 2.05) is 17.6 Å². The van der Waals surface area contributed by atoms with E-state index in [0.717, 1.165) is 34.3 Å². The Kier molecular flexibility index (Phi) is 4.46. The second-order valence-corrected chi connectivity index (χ2v) is 6.49. The van der Waals surface area contributed by atoms with Crippen LogP contribution >= 0.6 is 23.1 Å². The van der Waals surface area contributed by atoms with Crippen molar-refractivity contribution in [3.05, 3.63) is 30.0 Å². The van der Waals surface area contributed by atoms with Gasteiger partial charge in [-0.1, -0.05) is 11.8 Å². The fraction of sp³-hybridized carbons (Fsp3) is 0.231. The SMILES string of the molecule is Nc1ccc2c(NCCCSc3nccs3)ncnc2n1. The van der Waals surface area contributed by atoms with Crippen LogP contribution in [0.25, 0.3) is 11.0 Å². The number of anilines is 2. The molecule has 3 aromatic heterocycles. The van der Waals surface area contributed by atoms with E-state index in [-0.39, 0.29) is 0 Å². The number of hydrogen-bond donors (Lipinski definition) is 2. The van der Waals surface area contributed by atoms with Gasteiger partial charge in [0.15, 0.2) is 5.65 Å². The van der Waals surface area contributed by atoms with Gasteiger partial charge in [-0.05, 0) is 18.6 Å². The third-order valence-electron chi connectivity index (χ3n) is 2.77. The van der Waals surface area contributed by atoms with Crippen LogP contribution in [0.15, 0.2) is 34.4 Å². The van der Waals surface area contributed by atoms with Gasteiger partial charge in [0.05, 0.1) is 5.39 Å². The van der Waals surface area contributed by atoms with Gasteiger partial charge in [-0.3, -0.25) is 0 Å². The minimum Gasteiger partial charge on any atom is -0.384 e. The molecular formula is C13H14N6S2. The highest BCUT2D eigenvalue weighted by molar-refractivity contribution is 8.00. The van der Waals surface area contributed by atoms with E-state index in [1.165, 1.54) is 6.33 Å². The van der Waals surface area contributed by atoms with Crippen LogP contribution in [0.2, 0.25) is 0 Å². The third kappa shape index (κ3) is 3.59. The summed E-state index contributed by atoms with van der Waals surface area (Å²) >= 11 is 3.44. The van der Waals surface area contributed by atoms with Crippen molar-refractivity contribution in [1.29, 1.82) is 0 Å². The second-order valence-electron chi connectivity index (χ2n) is 4.26. The van der Waals surface area contributed by atoms with E-state index >= 15 is 0 Å². The van der Waals surface area contributed by atoms with Crippen LogP contribution in [0.3, 0.4) is 0 Å². The number of nitrogens with zero attached hydrogens (tertiary/aromatic N) is 4. The minimum atomic E-state index is 0.465. The minimum absolute atomic E-state index is 0.465. The van der Waals surface area contributed by atoms with Crippen LogP contribution in [-0.4, -0.2) is 32.2 Å². The largest absolute Gasteiger partial charge is 0.384 e. The maximum atomic E-state index is 5.66. The molecule has 3 N–H and O–H groups in total. The summed E-state index contributed by atoms with van der Waals surface area (Å²) in [6, 6.07) is 3.65. The Hall–Kier alpha value is -1.93. The van der Waals surface area contributed by atoms with Crippen molar-refractivity contribution in [2.24, 2.45) is 0 Å². The zero-order chi connectivity index (χ0) is 14.5. The quantitative estimate of drug-likeness (QED) is 0.533. The number of hydrogen-bond acceptors (Lipinski definition) is 8. The van der Waals surface area contributed by atoms with E-state index in [9.17, 15) is 0 Å². The Labute approximate surface area is 130 Å². The van der Waals surface area contributed by atoms with Crippen LogP contribution in [-0.2, 0) is 0 Å². The summed E-state index contributed by atoms with van der Waals surface area (Å²) in [7, 11) is 0.